The number of likely N-dealkylation sites (tertiary alicyclic amines) is 1. The molecule has 0 aromatic heterocycles. The fourth-order valence-electron chi connectivity index (χ4n) is 9.31. The van der Waals surface area contributed by atoms with E-state index in [1.807, 2.05) is 17.0 Å². The highest BCUT2D eigenvalue weighted by molar-refractivity contribution is 5.96. The Morgan fingerprint density at radius 1 is 0.949 bits per heavy atom. The zero-order valence-corrected chi connectivity index (χ0v) is 23.5. The summed E-state index contributed by atoms with van der Waals surface area (Å²) in [6.07, 6.45) is 15.3. The summed E-state index contributed by atoms with van der Waals surface area (Å²) in [5, 5.41) is 5.82. The van der Waals surface area contributed by atoms with Crippen LogP contribution in [-0.4, -0.2) is 48.4 Å². The second-order valence-electron chi connectivity index (χ2n) is 13.4. The van der Waals surface area contributed by atoms with Crippen LogP contribution in [0.5, 0.6) is 5.75 Å². The Morgan fingerprint density at radius 3 is 2.31 bits per heavy atom. The molecule has 2 atom stereocenters. The first-order valence-corrected chi connectivity index (χ1v) is 15.5. The molecule has 2 unspecified atom stereocenters. The zero-order chi connectivity index (χ0) is 27.0. The summed E-state index contributed by atoms with van der Waals surface area (Å²) in [6.45, 7) is 0.224. The number of benzene rings is 1. The Hall–Kier alpha value is -2.57. The van der Waals surface area contributed by atoms with Crippen LogP contribution in [0, 0.1) is 29.1 Å². The molecule has 7 nitrogen and oxygen atoms in total. The van der Waals surface area contributed by atoms with Crippen molar-refractivity contribution < 1.29 is 19.1 Å². The van der Waals surface area contributed by atoms with E-state index in [1.54, 1.807) is 19.2 Å². The lowest BCUT2D eigenvalue weighted by atomic mass is 9.48. The third-order valence-corrected chi connectivity index (χ3v) is 10.7. The molecule has 1 aliphatic heterocycles. The van der Waals surface area contributed by atoms with Gasteiger partial charge >= 0.3 is 6.03 Å². The standard InChI is InChI=1S/C32H45N3O4/c1-39-26-10-5-9-25(16-26)33-31(38)34-27-11-6-12-28(24-7-3-2-4-8-24)35(30(27)37)20-29(36)32-17-21-13-22(18-32)15-23(14-21)19-32/h5,9-10,16,21-24,27-28H,2-4,6-8,11-15,17-20H2,1H3,(H2,33,34,38). The molecule has 6 fully saturated rings. The molecule has 4 bridgehead atoms. The first-order valence-electron chi connectivity index (χ1n) is 15.5. The fraction of sp³-hybridized carbons (Fsp3) is 0.719. The summed E-state index contributed by atoms with van der Waals surface area (Å²) in [6, 6.07) is 6.28. The van der Waals surface area contributed by atoms with Gasteiger partial charge in [0.15, 0.2) is 5.78 Å². The minimum atomic E-state index is -0.617. The molecule has 1 saturated heterocycles. The fourth-order valence-corrected chi connectivity index (χ4v) is 9.31. The number of rotatable bonds is 7. The Balaban J connectivity index is 1.19. The summed E-state index contributed by atoms with van der Waals surface area (Å²) in [5.74, 6) is 3.44. The van der Waals surface area contributed by atoms with Crippen molar-refractivity contribution in [1.82, 2.24) is 10.2 Å². The van der Waals surface area contributed by atoms with Crippen molar-refractivity contribution in [3.05, 3.63) is 24.3 Å². The molecule has 1 aromatic carbocycles. The Labute approximate surface area is 232 Å². The molecule has 0 spiro atoms. The maximum atomic E-state index is 14.2. The average Bonchev–Trinajstić information content (AvgIpc) is 3.07. The molecule has 3 amide bonds. The van der Waals surface area contributed by atoms with Gasteiger partial charge in [0.25, 0.3) is 0 Å². The van der Waals surface area contributed by atoms with Crippen LogP contribution in [0.4, 0.5) is 10.5 Å². The van der Waals surface area contributed by atoms with Crippen molar-refractivity contribution in [2.45, 2.75) is 102 Å². The third-order valence-electron chi connectivity index (χ3n) is 10.7. The van der Waals surface area contributed by atoms with Crippen molar-refractivity contribution in [3.8, 4) is 5.75 Å². The lowest BCUT2D eigenvalue weighted by Gasteiger charge is -2.56. The largest absolute Gasteiger partial charge is 0.497 e. The van der Waals surface area contributed by atoms with Crippen LogP contribution in [0.3, 0.4) is 0 Å². The van der Waals surface area contributed by atoms with Crippen LogP contribution in [0.15, 0.2) is 24.3 Å². The minimum Gasteiger partial charge on any atom is -0.497 e. The number of hydrogen-bond donors (Lipinski definition) is 2. The number of ketones is 1. The van der Waals surface area contributed by atoms with Gasteiger partial charge in [-0.1, -0.05) is 25.3 Å². The van der Waals surface area contributed by atoms with Crippen LogP contribution in [0.25, 0.3) is 0 Å². The van der Waals surface area contributed by atoms with Crippen molar-refractivity contribution in [2.75, 3.05) is 19.0 Å². The Bertz CT molecular complexity index is 1050. The van der Waals surface area contributed by atoms with Gasteiger partial charge in [-0.05, 0) is 106 Å². The molecule has 2 N–H and O–H groups in total. The van der Waals surface area contributed by atoms with Gasteiger partial charge in [-0.2, -0.15) is 0 Å². The van der Waals surface area contributed by atoms with E-state index in [4.69, 9.17) is 4.74 Å². The molecule has 6 aliphatic rings. The maximum Gasteiger partial charge on any atom is 0.319 e. The predicted octanol–water partition coefficient (Wildman–Crippen LogP) is 5.93. The third kappa shape index (κ3) is 5.55. The number of urea groups is 1. The molecule has 1 heterocycles. The van der Waals surface area contributed by atoms with Gasteiger partial charge < -0.3 is 20.3 Å². The van der Waals surface area contributed by atoms with Crippen LogP contribution < -0.4 is 15.4 Å². The summed E-state index contributed by atoms with van der Waals surface area (Å²) in [4.78, 5) is 43.3. The van der Waals surface area contributed by atoms with Crippen molar-refractivity contribution in [3.63, 3.8) is 0 Å². The van der Waals surface area contributed by atoms with Crippen LogP contribution in [0.1, 0.15) is 89.9 Å². The van der Waals surface area contributed by atoms with E-state index in [0.717, 1.165) is 44.9 Å². The predicted molar refractivity (Wildman–Crippen MR) is 150 cm³/mol. The van der Waals surface area contributed by atoms with E-state index in [2.05, 4.69) is 10.6 Å². The SMILES string of the molecule is COc1cccc(NC(=O)NC2CCCC(C3CCCCC3)N(CC(=O)C34CC5CC(CC(C5)C3)C4)C2=O)c1. The van der Waals surface area contributed by atoms with Gasteiger partial charge in [0, 0.05) is 23.2 Å². The molecule has 1 aromatic rings. The first-order chi connectivity index (χ1) is 18.9. The summed E-state index contributed by atoms with van der Waals surface area (Å²) >= 11 is 0. The lowest BCUT2D eigenvalue weighted by Crippen LogP contribution is -2.57. The number of ether oxygens (including phenoxy) is 1. The Morgan fingerprint density at radius 2 is 1.64 bits per heavy atom. The van der Waals surface area contributed by atoms with E-state index in [0.29, 0.717) is 47.3 Å². The molecule has 0 radical (unpaired) electrons. The second kappa shape index (κ2) is 11.1. The van der Waals surface area contributed by atoms with E-state index >= 15 is 0 Å². The quantitative estimate of drug-likeness (QED) is 0.453. The summed E-state index contributed by atoms with van der Waals surface area (Å²) in [5.41, 5.74) is 0.396. The normalized spacial score (nSPS) is 34.4. The molecule has 5 saturated carbocycles. The zero-order valence-electron chi connectivity index (χ0n) is 23.5. The van der Waals surface area contributed by atoms with Gasteiger partial charge in [-0.15, -0.1) is 0 Å². The molecule has 5 aliphatic carbocycles. The van der Waals surface area contributed by atoms with Crippen molar-refractivity contribution >= 4 is 23.4 Å². The Kier molecular flexibility index (Phi) is 7.60. The van der Waals surface area contributed by atoms with Gasteiger partial charge in [-0.3, -0.25) is 9.59 Å². The number of nitrogens with one attached hydrogen (secondary N) is 2. The lowest BCUT2D eigenvalue weighted by molar-refractivity contribution is -0.151. The topological polar surface area (TPSA) is 87.7 Å². The van der Waals surface area contributed by atoms with E-state index in [-0.39, 0.29) is 23.9 Å². The molecule has 39 heavy (non-hydrogen) atoms. The number of methoxy groups -OCH3 is 1. The molecule has 7 rings (SSSR count). The average molecular weight is 536 g/mol. The van der Waals surface area contributed by atoms with Crippen LogP contribution >= 0.6 is 0 Å². The van der Waals surface area contributed by atoms with E-state index < -0.39 is 12.1 Å². The number of anilines is 1. The highest BCUT2D eigenvalue weighted by atomic mass is 16.5. The molecular formula is C32H45N3O4. The first kappa shape index (κ1) is 26.6. The highest BCUT2D eigenvalue weighted by Crippen LogP contribution is 2.60. The second-order valence-corrected chi connectivity index (χ2v) is 13.4. The summed E-state index contributed by atoms with van der Waals surface area (Å²) in [7, 11) is 1.59. The highest BCUT2D eigenvalue weighted by Gasteiger charge is 2.55. The summed E-state index contributed by atoms with van der Waals surface area (Å²) < 4.78 is 5.26. The van der Waals surface area contributed by atoms with Crippen LogP contribution in [0.2, 0.25) is 0 Å². The van der Waals surface area contributed by atoms with Gasteiger partial charge in [-0.25, -0.2) is 4.79 Å². The maximum absolute atomic E-state index is 14.2. The molecular weight excluding hydrogens is 490 g/mol. The monoisotopic (exact) mass is 535 g/mol. The smallest absolute Gasteiger partial charge is 0.319 e. The number of carbonyl (C=O) groups is 3. The van der Waals surface area contributed by atoms with Gasteiger partial charge in [0.05, 0.1) is 13.7 Å². The number of amides is 3. The van der Waals surface area contributed by atoms with Gasteiger partial charge in [0.2, 0.25) is 5.91 Å². The van der Waals surface area contributed by atoms with E-state index in [1.165, 1.54) is 38.5 Å². The number of hydrogen-bond acceptors (Lipinski definition) is 4. The number of Topliss-reactive ketones (excluding diaryl/α,β-unsaturated/α-hetero) is 1. The van der Waals surface area contributed by atoms with Crippen molar-refractivity contribution in [2.24, 2.45) is 29.1 Å². The van der Waals surface area contributed by atoms with Gasteiger partial charge in [0.1, 0.15) is 11.8 Å². The molecule has 7 heteroatoms. The van der Waals surface area contributed by atoms with Crippen molar-refractivity contribution in [1.29, 1.82) is 0 Å². The van der Waals surface area contributed by atoms with E-state index in [9.17, 15) is 14.4 Å². The number of nitrogens with zero attached hydrogens (tertiary/aromatic N) is 1. The number of carbonyl (C=O) groups excluding carboxylic acids is 3. The minimum absolute atomic E-state index is 0.0676. The van der Waals surface area contributed by atoms with Crippen LogP contribution in [-0.2, 0) is 9.59 Å². The molecule has 212 valence electrons.